The zero-order chi connectivity index (χ0) is 13.6. The van der Waals surface area contributed by atoms with Crippen LogP contribution in [0.1, 0.15) is 44.6 Å². The van der Waals surface area contributed by atoms with Gasteiger partial charge in [0.1, 0.15) is 0 Å². The zero-order valence-corrected chi connectivity index (χ0v) is 12.1. The second-order valence-corrected chi connectivity index (χ2v) is 6.40. The Balaban J connectivity index is 1.80. The number of hydrogen-bond donors (Lipinski definition) is 0. The summed E-state index contributed by atoms with van der Waals surface area (Å²) in [6.07, 6.45) is 3.85. The van der Waals surface area contributed by atoms with Gasteiger partial charge in [0.25, 0.3) is 0 Å². The lowest BCUT2D eigenvalue weighted by atomic mass is 10.00. The smallest absolute Gasteiger partial charge is 0.230 e. The van der Waals surface area contributed by atoms with Crippen molar-refractivity contribution in [2.24, 2.45) is 17.8 Å². The van der Waals surface area contributed by atoms with E-state index >= 15 is 0 Å². The molecule has 0 radical (unpaired) electrons. The van der Waals surface area contributed by atoms with Gasteiger partial charge in [-0.25, -0.2) is 0 Å². The van der Waals surface area contributed by atoms with E-state index in [1.807, 2.05) is 18.0 Å². The quantitative estimate of drug-likeness (QED) is 0.806. The maximum atomic E-state index is 12.6. The molecule has 0 bridgehead atoms. The molecule has 2 atom stereocenters. The van der Waals surface area contributed by atoms with Gasteiger partial charge in [0, 0.05) is 18.7 Å². The molecule has 0 N–H and O–H groups in total. The maximum absolute atomic E-state index is 12.6. The Hall–Kier alpha value is -1.31. The first-order valence-corrected chi connectivity index (χ1v) is 7.47. The molecule has 0 aliphatic heterocycles. The second-order valence-electron chi connectivity index (χ2n) is 6.40. The fourth-order valence-electron chi connectivity index (χ4n) is 3.81. The van der Waals surface area contributed by atoms with Crippen LogP contribution in [0.25, 0.3) is 0 Å². The first-order chi connectivity index (χ1) is 9.11. The van der Waals surface area contributed by atoms with Gasteiger partial charge in [-0.1, -0.05) is 38.5 Å². The van der Waals surface area contributed by atoms with Crippen molar-refractivity contribution in [2.75, 3.05) is 11.9 Å². The third kappa shape index (κ3) is 2.07. The highest BCUT2D eigenvalue weighted by Crippen LogP contribution is 2.58. The number of para-hydroxylation sites is 1. The molecular weight excluding hydrogens is 234 g/mol. The summed E-state index contributed by atoms with van der Waals surface area (Å²) in [7, 11) is 1.94. The fraction of sp³-hybridized carbons (Fsp3) is 0.588. The van der Waals surface area contributed by atoms with Crippen LogP contribution in [0.15, 0.2) is 24.3 Å². The van der Waals surface area contributed by atoms with Crippen LogP contribution in [-0.4, -0.2) is 13.0 Å². The van der Waals surface area contributed by atoms with Crippen LogP contribution in [0.2, 0.25) is 0 Å². The SMILES string of the molecule is CC(C)c1ccccc1N(C)C(=O)C1[C@@H]2CCC[C@@H]12. The Kier molecular flexibility index (Phi) is 3.12. The third-order valence-corrected chi connectivity index (χ3v) is 4.94. The van der Waals surface area contributed by atoms with E-state index < -0.39 is 0 Å². The number of hydrogen-bond acceptors (Lipinski definition) is 1. The molecule has 0 unspecified atom stereocenters. The first kappa shape index (κ1) is 12.7. The van der Waals surface area contributed by atoms with Gasteiger partial charge in [0.05, 0.1) is 0 Å². The van der Waals surface area contributed by atoms with Crippen LogP contribution >= 0.6 is 0 Å². The molecule has 2 nitrogen and oxygen atoms in total. The van der Waals surface area contributed by atoms with Gasteiger partial charge in [-0.2, -0.15) is 0 Å². The minimum Gasteiger partial charge on any atom is -0.315 e. The molecule has 1 amide bonds. The van der Waals surface area contributed by atoms with E-state index in [2.05, 4.69) is 32.0 Å². The lowest BCUT2D eigenvalue weighted by Gasteiger charge is -2.23. The van der Waals surface area contributed by atoms with Gasteiger partial charge in [-0.3, -0.25) is 4.79 Å². The summed E-state index contributed by atoms with van der Waals surface area (Å²) in [4.78, 5) is 14.5. The number of amides is 1. The predicted octanol–water partition coefficient (Wildman–Crippen LogP) is 3.82. The Morgan fingerprint density at radius 1 is 1.21 bits per heavy atom. The molecule has 1 aromatic carbocycles. The molecule has 0 spiro atoms. The molecule has 0 aromatic heterocycles. The van der Waals surface area contributed by atoms with E-state index in [4.69, 9.17) is 0 Å². The van der Waals surface area contributed by atoms with E-state index in [0.717, 1.165) is 5.69 Å². The molecule has 2 saturated carbocycles. The minimum absolute atomic E-state index is 0.318. The van der Waals surface area contributed by atoms with Gasteiger partial charge in [0.2, 0.25) is 5.91 Å². The summed E-state index contributed by atoms with van der Waals surface area (Å²) in [5, 5.41) is 0. The molecule has 102 valence electrons. The van der Waals surface area contributed by atoms with Crippen molar-refractivity contribution in [1.82, 2.24) is 0 Å². The number of carbonyl (C=O) groups is 1. The zero-order valence-electron chi connectivity index (χ0n) is 12.1. The molecule has 2 heteroatoms. The lowest BCUT2D eigenvalue weighted by Crippen LogP contribution is -2.30. The second kappa shape index (κ2) is 4.66. The largest absolute Gasteiger partial charge is 0.315 e. The Morgan fingerprint density at radius 3 is 2.47 bits per heavy atom. The van der Waals surface area contributed by atoms with E-state index in [0.29, 0.717) is 29.6 Å². The van der Waals surface area contributed by atoms with Crippen molar-refractivity contribution >= 4 is 11.6 Å². The first-order valence-electron chi connectivity index (χ1n) is 7.47. The van der Waals surface area contributed by atoms with Crippen molar-refractivity contribution in [3.63, 3.8) is 0 Å². The Labute approximate surface area is 115 Å². The van der Waals surface area contributed by atoms with E-state index in [9.17, 15) is 4.79 Å². The van der Waals surface area contributed by atoms with Crippen molar-refractivity contribution in [3.05, 3.63) is 29.8 Å². The van der Waals surface area contributed by atoms with Crippen molar-refractivity contribution < 1.29 is 4.79 Å². The highest BCUT2D eigenvalue weighted by atomic mass is 16.2. The fourth-order valence-corrected chi connectivity index (χ4v) is 3.81. The Bertz CT molecular complexity index is 484. The summed E-state index contributed by atoms with van der Waals surface area (Å²) >= 11 is 0. The average molecular weight is 257 g/mol. The van der Waals surface area contributed by atoms with Crippen LogP contribution in [0, 0.1) is 17.8 Å². The van der Waals surface area contributed by atoms with Crippen LogP contribution in [0.5, 0.6) is 0 Å². The van der Waals surface area contributed by atoms with Crippen LogP contribution in [0.4, 0.5) is 5.69 Å². The predicted molar refractivity (Wildman–Crippen MR) is 78.3 cm³/mol. The molecule has 3 rings (SSSR count). The molecule has 0 heterocycles. The summed E-state index contributed by atoms with van der Waals surface area (Å²) in [6, 6.07) is 8.30. The number of anilines is 1. The van der Waals surface area contributed by atoms with Crippen LogP contribution in [0.3, 0.4) is 0 Å². The molecule has 2 aliphatic carbocycles. The van der Waals surface area contributed by atoms with Gasteiger partial charge >= 0.3 is 0 Å². The third-order valence-electron chi connectivity index (χ3n) is 4.94. The highest BCUT2D eigenvalue weighted by molar-refractivity contribution is 5.97. The molecule has 2 aliphatic rings. The van der Waals surface area contributed by atoms with Crippen LogP contribution < -0.4 is 4.90 Å². The Morgan fingerprint density at radius 2 is 1.84 bits per heavy atom. The minimum atomic E-state index is 0.318. The van der Waals surface area contributed by atoms with Crippen molar-refractivity contribution in [3.8, 4) is 0 Å². The summed E-state index contributed by atoms with van der Waals surface area (Å²) in [6.45, 7) is 4.37. The van der Waals surface area contributed by atoms with Crippen molar-refractivity contribution in [1.29, 1.82) is 0 Å². The molecule has 1 aromatic rings. The number of nitrogens with zero attached hydrogens (tertiary/aromatic N) is 1. The number of fused-ring (bicyclic) bond motifs is 1. The van der Waals surface area contributed by atoms with Crippen molar-refractivity contribution in [2.45, 2.75) is 39.0 Å². The number of benzene rings is 1. The molecule has 0 saturated heterocycles. The number of rotatable bonds is 3. The van der Waals surface area contributed by atoms with Gasteiger partial charge in [-0.05, 0) is 42.2 Å². The molecule has 19 heavy (non-hydrogen) atoms. The van der Waals surface area contributed by atoms with Gasteiger partial charge in [0.15, 0.2) is 0 Å². The van der Waals surface area contributed by atoms with Gasteiger partial charge in [-0.15, -0.1) is 0 Å². The van der Waals surface area contributed by atoms with E-state index in [1.165, 1.54) is 24.8 Å². The lowest BCUT2D eigenvalue weighted by molar-refractivity contribution is -0.120. The summed E-state index contributed by atoms with van der Waals surface area (Å²) in [5.41, 5.74) is 2.36. The van der Waals surface area contributed by atoms with Gasteiger partial charge < -0.3 is 4.90 Å². The summed E-state index contributed by atoms with van der Waals surface area (Å²) in [5.74, 6) is 2.49. The topological polar surface area (TPSA) is 20.3 Å². The normalized spacial score (nSPS) is 28.3. The van der Waals surface area contributed by atoms with E-state index in [1.54, 1.807) is 0 Å². The standard InChI is InChI=1S/C17H23NO/c1-11(2)12-7-4-5-10-15(12)18(3)17(19)16-13-8-6-9-14(13)16/h4-5,7,10-11,13-14,16H,6,8-9H2,1-3H3/t13-,14-/m1/s1. The summed E-state index contributed by atoms with van der Waals surface area (Å²) < 4.78 is 0. The molecular formula is C17H23NO. The maximum Gasteiger partial charge on any atom is 0.230 e. The molecule has 2 fully saturated rings. The van der Waals surface area contributed by atoms with E-state index in [-0.39, 0.29) is 0 Å². The monoisotopic (exact) mass is 257 g/mol. The average Bonchev–Trinajstić information content (AvgIpc) is 2.89. The highest BCUT2D eigenvalue weighted by Gasteiger charge is 2.57. The van der Waals surface area contributed by atoms with Crippen LogP contribution in [-0.2, 0) is 4.79 Å². The number of carbonyl (C=O) groups excluding carboxylic acids is 1.